The van der Waals surface area contributed by atoms with Crippen LogP contribution in [0.3, 0.4) is 0 Å². The van der Waals surface area contributed by atoms with Crippen LogP contribution in [0.15, 0.2) is 18.2 Å². The maximum Gasteiger partial charge on any atom is 0.161 e. The highest BCUT2D eigenvalue weighted by molar-refractivity contribution is 5.42. The molecule has 0 heterocycles. The lowest BCUT2D eigenvalue weighted by Crippen LogP contribution is -2.08. The molecule has 102 valence electrons. The van der Waals surface area contributed by atoms with Gasteiger partial charge in [-0.3, -0.25) is 0 Å². The lowest BCUT2D eigenvalue weighted by Gasteiger charge is -2.11. The van der Waals surface area contributed by atoms with Crippen LogP contribution in [0.1, 0.15) is 25.3 Å². The topological polar surface area (TPSA) is 47.9 Å². The lowest BCUT2D eigenvalue weighted by atomic mass is 10.2. The molecule has 0 aromatic heterocycles. The number of aliphatic hydroxyl groups is 1. The molecule has 0 unspecified atom stereocenters. The van der Waals surface area contributed by atoms with E-state index in [4.69, 9.17) is 19.3 Å². The normalized spacial score (nSPS) is 10.4. The standard InChI is InChI=1S/C14H22O4/c1-3-4-7-17-8-9-18-13-6-5-12(11-15)10-14(13)16-2/h5-6,10,15H,3-4,7-9,11H2,1-2H3. The summed E-state index contributed by atoms with van der Waals surface area (Å²) in [5.41, 5.74) is 0.804. The van der Waals surface area contributed by atoms with Crippen molar-refractivity contribution in [2.75, 3.05) is 26.9 Å². The Bertz CT molecular complexity index is 339. The summed E-state index contributed by atoms with van der Waals surface area (Å²) in [5.74, 6) is 1.31. The second-order valence-electron chi connectivity index (χ2n) is 3.96. The molecule has 1 aromatic rings. The molecular weight excluding hydrogens is 232 g/mol. The zero-order valence-electron chi connectivity index (χ0n) is 11.1. The van der Waals surface area contributed by atoms with Crippen molar-refractivity contribution in [2.45, 2.75) is 26.4 Å². The van der Waals surface area contributed by atoms with Crippen LogP contribution in [-0.4, -0.2) is 32.0 Å². The maximum atomic E-state index is 9.03. The number of methoxy groups -OCH3 is 1. The van der Waals surface area contributed by atoms with Crippen molar-refractivity contribution in [2.24, 2.45) is 0 Å². The third-order valence-electron chi connectivity index (χ3n) is 2.54. The Morgan fingerprint density at radius 2 is 1.94 bits per heavy atom. The van der Waals surface area contributed by atoms with Gasteiger partial charge in [-0.05, 0) is 24.1 Å². The monoisotopic (exact) mass is 254 g/mol. The zero-order valence-corrected chi connectivity index (χ0v) is 11.1. The Kier molecular flexibility index (Phi) is 7.22. The Morgan fingerprint density at radius 1 is 1.11 bits per heavy atom. The predicted molar refractivity (Wildman–Crippen MR) is 70.1 cm³/mol. The van der Waals surface area contributed by atoms with Crippen LogP contribution in [-0.2, 0) is 11.3 Å². The molecule has 0 bridgehead atoms. The number of unbranched alkanes of at least 4 members (excludes halogenated alkanes) is 1. The second kappa shape index (κ2) is 8.78. The molecule has 4 heteroatoms. The van der Waals surface area contributed by atoms with Gasteiger partial charge in [0.1, 0.15) is 6.61 Å². The fourth-order valence-electron chi connectivity index (χ4n) is 1.49. The van der Waals surface area contributed by atoms with Crippen LogP contribution in [0.5, 0.6) is 11.5 Å². The molecule has 0 saturated heterocycles. The number of aliphatic hydroxyl groups excluding tert-OH is 1. The van der Waals surface area contributed by atoms with E-state index < -0.39 is 0 Å². The fourth-order valence-corrected chi connectivity index (χ4v) is 1.49. The van der Waals surface area contributed by atoms with E-state index in [2.05, 4.69) is 6.92 Å². The first kappa shape index (κ1) is 14.8. The van der Waals surface area contributed by atoms with Crippen LogP contribution >= 0.6 is 0 Å². The SMILES string of the molecule is CCCCOCCOc1ccc(CO)cc1OC. The molecule has 0 aliphatic rings. The van der Waals surface area contributed by atoms with Gasteiger partial charge in [0.15, 0.2) is 11.5 Å². The molecule has 0 radical (unpaired) electrons. The van der Waals surface area contributed by atoms with Gasteiger partial charge in [0.25, 0.3) is 0 Å². The highest BCUT2D eigenvalue weighted by Crippen LogP contribution is 2.27. The molecule has 0 atom stereocenters. The number of rotatable bonds is 9. The Balaban J connectivity index is 2.37. The number of hydrogen-bond acceptors (Lipinski definition) is 4. The average molecular weight is 254 g/mol. The van der Waals surface area contributed by atoms with Crippen LogP contribution in [0.25, 0.3) is 0 Å². The highest BCUT2D eigenvalue weighted by atomic mass is 16.5. The largest absolute Gasteiger partial charge is 0.493 e. The summed E-state index contributed by atoms with van der Waals surface area (Å²) in [6.45, 7) is 3.98. The van der Waals surface area contributed by atoms with Gasteiger partial charge in [-0.2, -0.15) is 0 Å². The van der Waals surface area contributed by atoms with Crippen molar-refractivity contribution in [3.05, 3.63) is 23.8 Å². The van der Waals surface area contributed by atoms with E-state index in [9.17, 15) is 0 Å². The summed E-state index contributed by atoms with van der Waals surface area (Å²) in [6, 6.07) is 5.39. The van der Waals surface area contributed by atoms with Crippen molar-refractivity contribution < 1.29 is 19.3 Å². The van der Waals surface area contributed by atoms with E-state index in [1.807, 2.05) is 6.07 Å². The first-order valence-corrected chi connectivity index (χ1v) is 6.30. The van der Waals surface area contributed by atoms with Crippen LogP contribution in [0.4, 0.5) is 0 Å². The van der Waals surface area contributed by atoms with Gasteiger partial charge in [0, 0.05) is 6.61 Å². The summed E-state index contributed by atoms with van der Waals surface area (Å²) in [6.07, 6.45) is 2.21. The van der Waals surface area contributed by atoms with E-state index in [1.54, 1.807) is 19.2 Å². The molecule has 1 rings (SSSR count). The zero-order chi connectivity index (χ0) is 13.2. The van der Waals surface area contributed by atoms with Crippen molar-refractivity contribution in [1.82, 2.24) is 0 Å². The third kappa shape index (κ3) is 4.94. The molecule has 0 aliphatic carbocycles. The molecular formula is C14H22O4. The van der Waals surface area contributed by atoms with Crippen molar-refractivity contribution in [3.63, 3.8) is 0 Å². The fraction of sp³-hybridized carbons (Fsp3) is 0.571. The van der Waals surface area contributed by atoms with E-state index in [0.717, 1.165) is 25.0 Å². The lowest BCUT2D eigenvalue weighted by molar-refractivity contribution is 0.0970. The second-order valence-corrected chi connectivity index (χ2v) is 3.96. The molecule has 1 aromatic carbocycles. The van der Waals surface area contributed by atoms with Crippen molar-refractivity contribution >= 4 is 0 Å². The Morgan fingerprint density at radius 3 is 2.61 bits per heavy atom. The Hall–Kier alpha value is -1.26. The minimum absolute atomic E-state index is 0.00321. The molecule has 0 spiro atoms. The summed E-state index contributed by atoms with van der Waals surface area (Å²) in [5, 5.41) is 9.03. The Labute approximate surface area is 108 Å². The predicted octanol–water partition coefficient (Wildman–Crippen LogP) is 2.38. The van der Waals surface area contributed by atoms with Crippen molar-refractivity contribution in [3.8, 4) is 11.5 Å². The quantitative estimate of drug-likeness (QED) is 0.687. The van der Waals surface area contributed by atoms with Crippen molar-refractivity contribution in [1.29, 1.82) is 0 Å². The maximum absolute atomic E-state index is 9.03. The van der Waals surface area contributed by atoms with E-state index in [1.165, 1.54) is 0 Å². The molecule has 0 fully saturated rings. The van der Waals surface area contributed by atoms with Gasteiger partial charge >= 0.3 is 0 Å². The van der Waals surface area contributed by atoms with Gasteiger partial charge in [-0.25, -0.2) is 0 Å². The van der Waals surface area contributed by atoms with Gasteiger partial charge in [-0.15, -0.1) is 0 Å². The summed E-state index contributed by atoms with van der Waals surface area (Å²) in [7, 11) is 1.58. The van der Waals surface area contributed by atoms with E-state index in [-0.39, 0.29) is 6.61 Å². The first-order valence-electron chi connectivity index (χ1n) is 6.30. The molecule has 0 amide bonds. The van der Waals surface area contributed by atoms with Crippen LogP contribution < -0.4 is 9.47 Å². The number of hydrogen-bond donors (Lipinski definition) is 1. The summed E-state index contributed by atoms with van der Waals surface area (Å²) < 4.78 is 16.2. The highest BCUT2D eigenvalue weighted by Gasteiger charge is 2.05. The minimum Gasteiger partial charge on any atom is -0.493 e. The molecule has 4 nitrogen and oxygen atoms in total. The number of benzene rings is 1. The van der Waals surface area contributed by atoms with Gasteiger partial charge in [-0.1, -0.05) is 19.4 Å². The minimum atomic E-state index is -0.00321. The molecule has 18 heavy (non-hydrogen) atoms. The summed E-state index contributed by atoms with van der Waals surface area (Å²) >= 11 is 0. The first-order chi connectivity index (χ1) is 8.81. The average Bonchev–Trinajstić information content (AvgIpc) is 2.42. The smallest absolute Gasteiger partial charge is 0.161 e. The third-order valence-corrected chi connectivity index (χ3v) is 2.54. The van der Waals surface area contributed by atoms with E-state index >= 15 is 0 Å². The van der Waals surface area contributed by atoms with E-state index in [0.29, 0.717) is 24.7 Å². The van der Waals surface area contributed by atoms with Crippen LogP contribution in [0, 0.1) is 0 Å². The molecule has 0 aliphatic heterocycles. The molecule has 0 saturated carbocycles. The van der Waals surface area contributed by atoms with Gasteiger partial charge in [0.2, 0.25) is 0 Å². The summed E-state index contributed by atoms with van der Waals surface area (Å²) in [4.78, 5) is 0. The van der Waals surface area contributed by atoms with Gasteiger partial charge < -0.3 is 19.3 Å². The van der Waals surface area contributed by atoms with Crippen LogP contribution in [0.2, 0.25) is 0 Å². The number of ether oxygens (including phenoxy) is 3. The molecule has 1 N–H and O–H groups in total. The van der Waals surface area contributed by atoms with Gasteiger partial charge in [0.05, 0.1) is 20.3 Å².